The first-order valence-electron chi connectivity index (χ1n) is 3.37. The fourth-order valence-electron chi connectivity index (χ4n) is 1.06. The summed E-state index contributed by atoms with van der Waals surface area (Å²) in [6.07, 6.45) is 2.44. The zero-order valence-corrected chi connectivity index (χ0v) is 5.69. The molecule has 0 bridgehead atoms. The van der Waals surface area contributed by atoms with Gasteiger partial charge in [-0.05, 0) is 17.7 Å². The Bertz CT molecular complexity index is 290. The van der Waals surface area contributed by atoms with Crippen LogP contribution in [0.25, 0.3) is 0 Å². The van der Waals surface area contributed by atoms with Crippen LogP contribution in [0.1, 0.15) is 34.9 Å². The molecule has 0 saturated heterocycles. The second-order valence-corrected chi connectivity index (χ2v) is 2.59. The number of nitrogens with zero attached hydrogens (tertiary/aromatic N) is 2. The molecule has 0 radical (unpaired) electrons. The highest BCUT2D eigenvalue weighted by Crippen LogP contribution is 2.39. The molecule has 5 nitrogen and oxygen atoms in total. The maximum absolute atomic E-state index is 10.8. The van der Waals surface area contributed by atoms with Crippen LogP contribution >= 0.6 is 0 Å². The van der Waals surface area contributed by atoms with Crippen molar-refractivity contribution in [3.63, 3.8) is 0 Å². The number of rotatable bonds is 2. The minimum absolute atomic E-state index is 0.141. The van der Waals surface area contributed by atoms with Crippen LogP contribution in [0.3, 0.4) is 0 Å². The van der Waals surface area contributed by atoms with Gasteiger partial charge in [0.1, 0.15) is 0 Å². The van der Waals surface area contributed by atoms with Crippen molar-refractivity contribution in [3.8, 4) is 0 Å². The van der Waals surface area contributed by atoms with Gasteiger partial charge < -0.3 is 5.21 Å². The van der Waals surface area contributed by atoms with E-state index in [0.29, 0.717) is 16.9 Å². The topological polar surface area (TPSA) is 70.0 Å². The summed E-state index contributed by atoms with van der Waals surface area (Å²) in [6.45, 7) is 0. The molecule has 0 aromatic carbocycles. The summed E-state index contributed by atoms with van der Waals surface area (Å²) in [5, 5.41) is 14.1. The van der Waals surface area contributed by atoms with Crippen LogP contribution in [-0.4, -0.2) is 11.4 Å². The van der Waals surface area contributed by atoms with Gasteiger partial charge in [-0.3, -0.25) is 9.42 Å². The summed E-state index contributed by atoms with van der Waals surface area (Å²) < 4.78 is 4.27. The molecule has 1 fully saturated rings. The first-order chi connectivity index (χ1) is 5.33. The number of carbonyl (C=O) groups is 1. The van der Waals surface area contributed by atoms with Gasteiger partial charge in [-0.15, -0.1) is 0 Å². The van der Waals surface area contributed by atoms with E-state index in [-0.39, 0.29) is 11.6 Å². The van der Waals surface area contributed by atoms with Crippen LogP contribution in [0.15, 0.2) is 4.63 Å². The van der Waals surface area contributed by atoms with E-state index >= 15 is 0 Å². The maximum Gasteiger partial charge on any atom is 0.283 e. The molecule has 58 valence electrons. The molecule has 1 aliphatic rings. The maximum atomic E-state index is 10.8. The minimum Gasteiger partial charge on any atom is -0.359 e. The van der Waals surface area contributed by atoms with Gasteiger partial charge in [0.15, 0.2) is 6.29 Å². The standard InChI is InChI=1S/C6H6N2O3/c9-3-5-6(4-1-2-4)8(10)11-7-5/h3-4H,1-2H2. The number of hydrogen-bond donors (Lipinski definition) is 0. The van der Waals surface area contributed by atoms with E-state index in [1.807, 2.05) is 0 Å². The SMILES string of the molecule is O=Cc1no[n+]([O-])c1C1CC1. The van der Waals surface area contributed by atoms with Crippen molar-refractivity contribution < 1.29 is 14.3 Å². The van der Waals surface area contributed by atoms with Crippen molar-refractivity contribution in [2.24, 2.45) is 0 Å². The van der Waals surface area contributed by atoms with Crippen molar-refractivity contribution in [1.82, 2.24) is 5.16 Å². The van der Waals surface area contributed by atoms with Crippen molar-refractivity contribution in [3.05, 3.63) is 16.6 Å². The van der Waals surface area contributed by atoms with Crippen molar-refractivity contribution in [2.45, 2.75) is 18.8 Å². The Morgan fingerprint density at radius 2 is 2.45 bits per heavy atom. The highest BCUT2D eigenvalue weighted by Gasteiger charge is 2.35. The number of aromatic nitrogens is 2. The molecular formula is C6H6N2O3. The average molecular weight is 154 g/mol. The quantitative estimate of drug-likeness (QED) is 0.444. The highest BCUT2D eigenvalue weighted by molar-refractivity contribution is 5.72. The predicted octanol–water partition coefficient (Wildman–Crippen LogP) is -0.00210. The molecule has 0 amide bonds. The van der Waals surface area contributed by atoms with E-state index < -0.39 is 0 Å². The first-order valence-corrected chi connectivity index (χ1v) is 3.37. The second-order valence-electron chi connectivity index (χ2n) is 2.59. The zero-order valence-electron chi connectivity index (χ0n) is 5.69. The molecule has 1 aromatic heterocycles. The summed E-state index contributed by atoms with van der Waals surface area (Å²) in [5.74, 6) is 0.193. The predicted molar refractivity (Wildman–Crippen MR) is 32.8 cm³/mol. The van der Waals surface area contributed by atoms with Crippen LogP contribution in [0, 0.1) is 5.21 Å². The van der Waals surface area contributed by atoms with Gasteiger partial charge in [0.2, 0.25) is 5.69 Å². The van der Waals surface area contributed by atoms with Crippen LogP contribution < -0.4 is 4.90 Å². The number of carbonyl (C=O) groups excluding carboxylic acids is 1. The Balaban J connectivity index is 2.46. The van der Waals surface area contributed by atoms with Gasteiger partial charge in [0, 0.05) is 11.1 Å². The third-order valence-electron chi connectivity index (χ3n) is 1.75. The van der Waals surface area contributed by atoms with Gasteiger partial charge in [-0.2, -0.15) is 0 Å². The summed E-state index contributed by atoms with van der Waals surface area (Å²) >= 11 is 0. The Kier molecular flexibility index (Phi) is 1.18. The molecule has 1 heterocycles. The minimum atomic E-state index is 0.141. The Labute approximate surface area is 62.1 Å². The molecule has 2 rings (SSSR count). The molecule has 0 aliphatic heterocycles. The summed E-state index contributed by atoms with van der Waals surface area (Å²) in [7, 11) is 0. The van der Waals surface area contributed by atoms with Crippen molar-refractivity contribution >= 4 is 6.29 Å². The molecule has 5 heteroatoms. The van der Waals surface area contributed by atoms with E-state index in [9.17, 15) is 10.0 Å². The van der Waals surface area contributed by atoms with Gasteiger partial charge in [-0.25, -0.2) is 0 Å². The summed E-state index contributed by atoms with van der Waals surface area (Å²) in [4.78, 5) is 10.6. The van der Waals surface area contributed by atoms with Gasteiger partial charge in [0.25, 0.3) is 5.69 Å². The lowest BCUT2D eigenvalue weighted by Gasteiger charge is -1.89. The molecule has 11 heavy (non-hydrogen) atoms. The molecule has 0 spiro atoms. The first kappa shape index (κ1) is 6.33. The van der Waals surface area contributed by atoms with Gasteiger partial charge in [0.05, 0.1) is 0 Å². The zero-order chi connectivity index (χ0) is 7.84. The van der Waals surface area contributed by atoms with E-state index in [1.54, 1.807) is 0 Å². The van der Waals surface area contributed by atoms with Crippen LogP contribution in [0.2, 0.25) is 0 Å². The van der Waals surface area contributed by atoms with Gasteiger partial charge in [-0.1, -0.05) is 0 Å². The normalized spacial score (nSPS) is 16.7. The molecule has 0 N–H and O–H groups in total. The van der Waals surface area contributed by atoms with E-state index in [4.69, 9.17) is 0 Å². The van der Waals surface area contributed by atoms with E-state index in [0.717, 1.165) is 12.8 Å². The average Bonchev–Trinajstić information content (AvgIpc) is 2.76. The Morgan fingerprint density at radius 3 is 3.00 bits per heavy atom. The molecule has 1 aliphatic carbocycles. The van der Waals surface area contributed by atoms with Crippen LogP contribution in [-0.2, 0) is 0 Å². The Morgan fingerprint density at radius 1 is 1.73 bits per heavy atom. The smallest absolute Gasteiger partial charge is 0.283 e. The van der Waals surface area contributed by atoms with E-state index in [1.165, 1.54) is 0 Å². The largest absolute Gasteiger partial charge is 0.359 e. The monoisotopic (exact) mass is 154 g/mol. The lowest BCUT2D eigenvalue weighted by atomic mass is 10.2. The number of hydrogen-bond acceptors (Lipinski definition) is 4. The summed E-state index contributed by atoms with van der Waals surface area (Å²) in [5.41, 5.74) is 0.530. The third-order valence-corrected chi connectivity index (χ3v) is 1.75. The van der Waals surface area contributed by atoms with Crippen molar-refractivity contribution in [2.75, 3.05) is 0 Å². The van der Waals surface area contributed by atoms with Gasteiger partial charge >= 0.3 is 0 Å². The lowest BCUT2D eigenvalue weighted by molar-refractivity contribution is -0.808. The highest BCUT2D eigenvalue weighted by atomic mass is 16.8. The molecule has 0 atom stereocenters. The molecule has 0 unspecified atom stereocenters. The number of aldehydes is 1. The van der Waals surface area contributed by atoms with Crippen molar-refractivity contribution in [1.29, 1.82) is 0 Å². The lowest BCUT2D eigenvalue weighted by Crippen LogP contribution is -2.27. The second kappa shape index (κ2) is 2.05. The van der Waals surface area contributed by atoms with Crippen LogP contribution in [0.5, 0.6) is 0 Å². The van der Waals surface area contributed by atoms with Crippen LogP contribution in [0.4, 0.5) is 0 Å². The fourth-order valence-corrected chi connectivity index (χ4v) is 1.06. The fraction of sp³-hybridized carbons (Fsp3) is 0.500. The summed E-state index contributed by atoms with van der Waals surface area (Å²) in [6, 6.07) is 0. The third kappa shape index (κ3) is 0.886. The molecule has 1 aromatic rings. The molecular weight excluding hydrogens is 148 g/mol. The Hall–Kier alpha value is -1.39. The molecule has 1 saturated carbocycles. The van der Waals surface area contributed by atoms with E-state index in [2.05, 4.69) is 9.79 Å².